The number of nitro benzene ring substituents is 1. The summed E-state index contributed by atoms with van der Waals surface area (Å²) in [7, 11) is 0. The van der Waals surface area contributed by atoms with Gasteiger partial charge in [-0.3, -0.25) is 19.7 Å². The number of rotatable bonds is 5. The molecular weight excluding hydrogens is 331 g/mol. The number of nitrogens with one attached hydrogen (secondary N) is 1. The predicted octanol–water partition coefficient (Wildman–Crippen LogP) is 2.37. The van der Waals surface area contributed by atoms with E-state index in [9.17, 15) is 32.9 Å². The molecule has 0 aliphatic carbocycles. The normalized spacial score (nSPS) is 17.6. The molecule has 10 heteroatoms. The molecule has 1 aromatic rings. The number of hydrogen-bond donors (Lipinski definition) is 1. The minimum absolute atomic E-state index is 0.00311. The Labute approximate surface area is 134 Å². The first kappa shape index (κ1) is 17.7. The summed E-state index contributed by atoms with van der Waals surface area (Å²) in [5.74, 6) is -1.90. The predicted molar refractivity (Wildman–Crippen MR) is 77.8 cm³/mol. The van der Waals surface area contributed by atoms with Gasteiger partial charge in [0.2, 0.25) is 0 Å². The van der Waals surface area contributed by atoms with Gasteiger partial charge < -0.3 is 10.2 Å². The van der Waals surface area contributed by atoms with E-state index in [1.54, 1.807) is 0 Å². The van der Waals surface area contributed by atoms with E-state index in [0.717, 1.165) is 11.0 Å². The van der Waals surface area contributed by atoms with Crippen LogP contribution in [-0.4, -0.2) is 47.3 Å². The average molecular weight is 345 g/mol. The van der Waals surface area contributed by atoms with Gasteiger partial charge in [-0.2, -0.15) is 13.2 Å². The molecule has 1 saturated heterocycles. The lowest BCUT2D eigenvalue weighted by Gasteiger charge is -2.26. The molecule has 1 heterocycles. The highest BCUT2D eigenvalue weighted by atomic mass is 19.4. The van der Waals surface area contributed by atoms with Crippen molar-refractivity contribution in [3.63, 3.8) is 0 Å². The fourth-order valence-corrected chi connectivity index (χ4v) is 2.63. The average Bonchev–Trinajstić information content (AvgIpc) is 2.99. The van der Waals surface area contributed by atoms with E-state index >= 15 is 0 Å². The number of nitrogens with zero attached hydrogens (tertiary/aromatic N) is 2. The third kappa shape index (κ3) is 3.81. The first-order valence-electron chi connectivity index (χ1n) is 7.09. The van der Waals surface area contributed by atoms with E-state index in [4.69, 9.17) is 0 Å². The van der Waals surface area contributed by atoms with Gasteiger partial charge in [0.15, 0.2) is 0 Å². The van der Waals surface area contributed by atoms with Gasteiger partial charge in [-0.25, -0.2) is 0 Å². The van der Waals surface area contributed by atoms with Gasteiger partial charge in [-0.1, -0.05) is 0 Å². The number of benzene rings is 1. The molecule has 7 nitrogen and oxygen atoms in total. The highest BCUT2D eigenvalue weighted by Gasteiger charge is 2.45. The maximum atomic E-state index is 12.6. The molecule has 1 N–H and O–H groups in total. The van der Waals surface area contributed by atoms with Crippen molar-refractivity contribution in [3.8, 4) is 0 Å². The van der Waals surface area contributed by atoms with Crippen molar-refractivity contribution in [3.05, 3.63) is 33.9 Å². The Balaban J connectivity index is 2.11. The van der Waals surface area contributed by atoms with Gasteiger partial charge in [0.05, 0.1) is 4.92 Å². The first-order chi connectivity index (χ1) is 11.2. The SMILES string of the molecule is O=Cc1ccc(NCC2CCCN2C(=O)C(F)(F)F)c([N+](=O)[O-])c1. The van der Waals surface area contributed by atoms with Crippen LogP contribution in [0.2, 0.25) is 0 Å². The number of amides is 1. The smallest absolute Gasteiger partial charge is 0.377 e. The monoisotopic (exact) mass is 345 g/mol. The minimum atomic E-state index is -4.94. The fraction of sp³-hybridized carbons (Fsp3) is 0.429. The second-order valence-corrected chi connectivity index (χ2v) is 5.32. The van der Waals surface area contributed by atoms with Gasteiger partial charge in [0.25, 0.3) is 5.69 Å². The summed E-state index contributed by atoms with van der Waals surface area (Å²) in [6, 6.07) is 3.04. The number of carbonyl (C=O) groups is 2. The molecule has 0 aromatic heterocycles. The van der Waals surface area contributed by atoms with Crippen LogP contribution in [0.4, 0.5) is 24.5 Å². The van der Waals surface area contributed by atoms with Gasteiger partial charge in [0, 0.05) is 30.8 Å². The molecular formula is C14H14F3N3O4. The molecule has 1 aliphatic heterocycles. The third-order valence-electron chi connectivity index (χ3n) is 3.76. The number of likely N-dealkylation sites (tertiary alicyclic amines) is 1. The van der Waals surface area contributed by atoms with Crippen LogP contribution >= 0.6 is 0 Å². The van der Waals surface area contributed by atoms with Crippen LogP contribution < -0.4 is 5.32 Å². The molecule has 1 fully saturated rings. The molecule has 24 heavy (non-hydrogen) atoms. The van der Waals surface area contributed by atoms with E-state index in [1.165, 1.54) is 12.1 Å². The quantitative estimate of drug-likeness (QED) is 0.502. The molecule has 1 amide bonds. The largest absolute Gasteiger partial charge is 0.471 e. The summed E-state index contributed by atoms with van der Waals surface area (Å²) in [6.45, 7) is -0.0556. The molecule has 1 unspecified atom stereocenters. The minimum Gasteiger partial charge on any atom is -0.377 e. The number of alkyl halides is 3. The molecule has 0 radical (unpaired) electrons. The standard InChI is InChI=1S/C14H14F3N3O4/c15-14(16,17)13(22)19-5-1-2-10(19)7-18-11-4-3-9(8-21)6-12(11)20(23)24/h3-4,6,8,10,18H,1-2,5,7H2. The summed E-state index contributed by atoms with van der Waals surface area (Å²) in [5.41, 5.74) is -0.162. The molecule has 0 saturated carbocycles. The topological polar surface area (TPSA) is 92.6 Å². The molecule has 0 bridgehead atoms. The summed E-state index contributed by atoms with van der Waals surface area (Å²) < 4.78 is 37.7. The Hall–Kier alpha value is -2.65. The Bertz CT molecular complexity index is 663. The van der Waals surface area contributed by atoms with Crippen LogP contribution in [-0.2, 0) is 4.79 Å². The maximum absolute atomic E-state index is 12.6. The summed E-state index contributed by atoms with van der Waals surface area (Å²) in [5, 5.41) is 13.7. The lowest BCUT2D eigenvalue weighted by molar-refractivity contribution is -0.384. The van der Waals surface area contributed by atoms with Crippen molar-refractivity contribution in [1.82, 2.24) is 4.90 Å². The van der Waals surface area contributed by atoms with Gasteiger partial charge in [-0.15, -0.1) is 0 Å². The van der Waals surface area contributed by atoms with E-state index in [2.05, 4.69) is 5.32 Å². The molecule has 1 aromatic carbocycles. The summed E-state index contributed by atoms with van der Waals surface area (Å²) in [6.07, 6.45) is -3.69. The summed E-state index contributed by atoms with van der Waals surface area (Å²) in [4.78, 5) is 33.1. The van der Waals surface area contributed by atoms with E-state index < -0.39 is 23.0 Å². The molecule has 1 atom stereocenters. The highest BCUT2D eigenvalue weighted by Crippen LogP contribution is 2.28. The van der Waals surface area contributed by atoms with Crippen LogP contribution in [0.25, 0.3) is 0 Å². The lowest BCUT2D eigenvalue weighted by Crippen LogP contribution is -2.46. The Morgan fingerprint density at radius 1 is 1.46 bits per heavy atom. The molecule has 130 valence electrons. The van der Waals surface area contributed by atoms with Gasteiger partial charge >= 0.3 is 12.1 Å². The van der Waals surface area contributed by atoms with Crippen molar-refractivity contribution < 1.29 is 27.7 Å². The van der Waals surface area contributed by atoms with Crippen molar-refractivity contribution in [2.24, 2.45) is 0 Å². The zero-order valence-electron chi connectivity index (χ0n) is 12.4. The second-order valence-electron chi connectivity index (χ2n) is 5.32. The number of halogens is 3. The first-order valence-corrected chi connectivity index (χ1v) is 7.09. The van der Waals surface area contributed by atoms with E-state index in [0.29, 0.717) is 19.1 Å². The van der Waals surface area contributed by atoms with E-state index in [-0.39, 0.29) is 30.0 Å². The van der Waals surface area contributed by atoms with Crippen LogP contribution in [0.1, 0.15) is 23.2 Å². The lowest BCUT2D eigenvalue weighted by atomic mass is 10.1. The molecule has 2 rings (SSSR count). The van der Waals surface area contributed by atoms with Crippen molar-refractivity contribution in [1.29, 1.82) is 0 Å². The van der Waals surface area contributed by atoms with Crippen LogP contribution in [0.5, 0.6) is 0 Å². The number of carbonyl (C=O) groups excluding carboxylic acids is 2. The molecule has 0 spiro atoms. The second kappa shape index (κ2) is 6.85. The Morgan fingerprint density at radius 2 is 2.17 bits per heavy atom. The van der Waals surface area contributed by atoms with Crippen molar-refractivity contribution in [2.75, 3.05) is 18.4 Å². The maximum Gasteiger partial charge on any atom is 0.471 e. The Kier molecular flexibility index (Phi) is 5.05. The highest BCUT2D eigenvalue weighted by molar-refractivity contribution is 5.82. The fourth-order valence-electron chi connectivity index (χ4n) is 2.63. The number of anilines is 1. The molecule has 1 aliphatic rings. The van der Waals surface area contributed by atoms with Crippen LogP contribution in [0.15, 0.2) is 18.2 Å². The zero-order chi connectivity index (χ0) is 17.9. The third-order valence-corrected chi connectivity index (χ3v) is 3.76. The van der Waals surface area contributed by atoms with Gasteiger partial charge in [-0.05, 0) is 25.0 Å². The van der Waals surface area contributed by atoms with E-state index in [1.807, 2.05) is 0 Å². The summed E-state index contributed by atoms with van der Waals surface area (Å²) >= 11 is 0. The zero-order valence-corrected chi connectivity index (χ0v) is 12.4. The van der Waals surface area contributed by atoms with Gasteiger partial charge in [0.1, 0.15) is 12.0 Å². The van der Waals surface area contributed by atoms with Crippen LogP contribution in [0.3, 0.4) is 0 Å². The van der Waals surface area contributed by atoms with Crippen molar-refractivity contribution in [2.45, 2.75) is 25.1 Å². The number of nitro groups is 1. The van der Waals surface area contributed by atoms with Crippen molar-refractivity contribution >= 4 is 23.6 Å². The van der Waals surface area contributed by atoms with Crippen LogP contribution in [0, 0.1) is 10.1 Å². The number of hydrogen-bond acceptors (Lipinski definition) is 5. The number of aldehydes is 1. The Morgan fingerprint density at radius 3 is 2.75 bits per heavy atom.